The summed E-state index contributed by atoms with van der Waals surface area (Å²) in [6, 6.07) is 13.5. The molecule has 7 nitrogen and oxygen atoms in total. The molecule has 8 heteroatoms. The van der Waals surface area contributed by atoms with E-state index in [1.807, 2.05) is 35.3 Å². The van der Waals surface area contributed by atoms with Crippen LogP contribution in [0.2, 0.25) is 0 Å². The lowest BCUT2D eigenvalue weighted by Gasteiger charge is -2.50. The van der Waals surface area contributed by atoms with Gasteiger partial charge in [-0.2, -0.15) is 0 Å². The first-order chi connectivity index (χ1) is 15.4. The van der Waals surface area contributed by atoms with Crippen molar-refractivity contribution in [2.45, 2.75) is 25.6 Å². The molecule has 0 saturated heterocycles. The van der Waals surface area contributed by atoms with Crippen molar-refractivity contribution in [3.63, 3.8) is 0 Å². The number of amides is 1. The van der Waals surface area contributed by atoms with Gasteiger partial charge in [0.25, 0.3) is 5.91 Å². The molecule has 0 bridgehead atoms. The minimum atomic E-state index is -0.624. The molecule has 32 heavy (non-hydrogen) atoms. The number of fused-ring (bicyclic) bond motifs is 4. The van der Waals surface area contributed by atoms with E-state index in [9.17, 15) is 19.1 Å². The van der Waals surface area contributed by atoms with Crippen molar-refractivity contribution in [2.75, 3.05) is 18.7 Å². The Labute approximate surface area is 183 Å². The van der Waals surface area contributed by atoms with Gasteiger partial charge in [0, 0.05) is 36.9 Å². The first-order valence-corrected chi connectivity index (χ1v) is 10.4. The van der Waals surface area contributed by atoms with Crippen LogP contribution >= 0.6 is 0 Å². The van der Waals surface area contributed by atoms with Gasteiger partial charge < -0.3 is 14.7 Å². The Morgan fingerprint density at radius 1 is 1.09 bits per heavy atom. The third-order valence-electron chi connectivity index (χ3n) is 6.25. The van der Waals surface area contributed by atoms with E-state index in [1.54, 1.807) is 24.7 Å². The van der Waals surface area contributed by atoms with Crippen LogP contribution in [0.1, 0.15) is 39.6 Å². The number of carbonyl (C=O) groups excluding carboxylic acids is 1. The molecule has 3 aromatic rings. The fourth-order valence-electron chi connectivity index (χ4n) is 4.63. The summed E-state index contributed by atoms with van der Waals surface area (Å²) in [4.78, 5) is 26.8. The molecule has 0 aliphatic carbocycles. The smallest absolute Gasteiger partial charge is 0.277 e. The van der Waals surface area contributed by atoms with Crippen molar-refractivity contribution >= 4 is 5.91 Å². The molecule has 2 aliphatic heterocycles. The number of hydrogen-bond donors (Lipinski definition) is 1. The van der Waals surface area contributed by atoms with Crippen LogP contribution in [0.25, 0.3) is 0 Å². The molecular formula is C24H22FN3O4. The number of carbonyl (C=O) groups is 1. The number of rotatable bonds is 1. The Kier molecular flexibility index (Phi) is 4.65. The molecule has 1 amide bonds. The molecule has 0 spiro atoms. The van der Waals surface area contributed by atoms with Gasteiger partial charge in [-0.15, -0.1) is 0 Å². The minimum absolute atomic E-state index is 0.0981. The molecule has 1 aromatic heterocycles. The standard InChI is InChI=1S/C24H22FN3O4/c1-14-17(25)9-8-16-20(15-6-4-3-5-7-15)28-19(11-13-32-23(14)16)26(2)24(31)21-22(30)18(29)10-12-27(21)28/h3-10,12,19-20,30H,11,13H2,1-2H3/t19?,20-/m1/s1. The summed E-state index contributed by atoms with van der Waals surface area (Å²) in [6.45, 7) is 1.94. The van der Waals surface area contributed by atoms with Crippen LogP contribution in [-0.2, 0) is 0 Å². The summed E-state index contributed by atoms with van der Waals surface area (Å²) in [6.07, 6.45) is 1.51. The fraction of sp³-hybridized carbons (Fsp3) is 0.250. The van der Waals surface area contributed by atoms with Crippen LogP contribution in [0, 0.1) is 12.7 Å². The van der Waals surface area contributed by atoms with E-state index in [0.29, 0.717) is 17.7 Å². The number of pyridine rings is 1. The SMILES string of the molecule is Cc1c(F)ccc2c1OCCC1N(C)C(=O)c3c(O)c(=O)ccn3N1[C@@H]2c1ccccc1. The summed E-state index contributed by atoms with van der Waals surface area (Å²) < 4.78 is 22.0. The van der Waals surface area contributed by atoms with Gasteiger partial charge in [0.1, 0.15) is 23.8 Å². The highest BCUT2D eigenvalue weighted by Crippen LogP contribution is 2.42. The molecule has 2 aliphatic rings. The normalized spacial score (nSPS) is 19.9. The first kappa shape index (κ1) is 20.1. The molecule has 1 unspecified atom stereocenters. The van der Waals surface area contributed by atoms with Gasteiger partial charge in [0.05, 0.1) is 6.61 Å². The zero-order chi connectivity index (χ0) is 22.6. The second-order valence-electron chi connectivity index (χ2n) is 8.04. The lowest BCUT2D eigenvalue weighted by molar-refractivity contribution is 0.0573. The predicted octanol–water partition coefficient (Wildman–Crippen LogP) is 2.92. The van der Waals surface area contributed by atoms with Crippen molar-refractivity contribution in [1.29, 1.82) is 0 Å². The number of aromatic hydroxyl groups is 1. The van der Waals surface area contributed by atoms with Gasteiger partial charge in [0.15, 0.2) is 11.4 Å². The molecular weight excluding hydrogens is 413 g/mol. The summed E-state index contributed by atoms with van der Waals surface area (Å²) in [5, 5.41) is 12.4. The molecule has 2 aromatic carbocycles. The van der Waals surface area contributed by atoms with Crippen LogP contribution in [0.4, 0.5) is 4.39 Å². The van der Waals surface area contributed by atoms with Crippen LogP contribution in [0.5, 0.6) is 11.5 Å². The maximum atomic E-state index is 14.4. The summed E-state index contributed by atoms with van der Waals surface area (Å²) in [5.74, 6) is -0.947. The molecule has 0 fully saturated rings. The van der Waals surface area contributed by atoms with Crippen LogP contribution in [-0.4, -0.2) is 40.4 Å². The maximum Gasteiger partial charge on any atom is 0.277 e. The van der Waals surface area contributed by atoms with Crippen LogP contribution in [0.3, 0.4) is 0 Å². The van der Waals surface area contributed by atoms with E-state index < -0.39 is 29.3 Å². The van der Waals surface area contributed by atoms with Crippen molar-refractivity contribution in [2.24, 2.45) is 0 Å². The van der Waals surface area contributed by atoms with Crippen LogP contribution < -0.4 is 15.2 Å². The van der Waals surface area contributed by atoms with Gasteiger partial charge in [-0.3, -0.25) is 19.3 Å². The number of benzene rings is 2. The lowest BCUT2D eigenvalue weighted by Crippen LogP contribution is -2.62. The average Bonchev–Trinajstić information content (AvgIpc) is 2.78. The minimum Gasteiger partial charge on any atom is -0.502 e. The molecule has 3 heterocycles. The van der Waals surface area contributed by atoms with Gasteiger partial charge in [0.2, 0.25) is 5.43 Å². The Morgan fingerprint density at radius 2 is 1.84 bits per heavy atom. The van der Waals surface area contributed by atoms with E-state index >= 15 is 0 Å². The van der Waals surface area contributed by atoms with Crippen molar-refractivity contribution in [3.05, 3.63) is 93.2 Å². The molecule has 2 atom stereocenters. The van der Waals surface area contributed by atoms with Gasteiger partial charge in [-0.25, -0.2) is 4.39 Å². The Hall–Kier alpha value is -3.81. The third-order valence-corrected chi connectivity index (χ3v) is 6.25. The fourth-order valence-corrected chi connectivity index (χ4v) is 4.63. The van der Waals surface area contributed by atoms with E-state index in [2.05, 4.69) is 0 Å². The quantitative estimate of drug-likeness (QED) is 0.636. The predicted molar refractivity (Wildman–Crippen MR) is 116 cm³/mol. The summed E-state index contributed by atoms with van der Waals surface area (Å²) in [7, 11) is 1.64. The zero-order valence-corrected chi connectivity index (χ0v) is 17.7. The topological polar surface area (TPSA) is 75.0 Å². The number of nitrogens with zero attached hydrogens (tertiary/aromatic N) is 3. The molecule has 5 rings (SSSR count). The molecule has 0 radical (unpaired) electrons. The first-order valence-electron chi connectivity index (χ1n) is 10.4. The monoisotopic (exact) mass is 435 g/mol. The Balaban J connectivity index is 1.85. The third kappa shape index (κ3) is 2.86. The molecule has 164 valence electrons. The van der Waals surface area contributed by atoms with E-state index in [1.165, 1.54) is 23.2 Å². The average molecular weight is 435 g/mol. The highest BCUT2D eigenvalue weighted by Gasteiger charge is 2.43. The zero-order valence-electron chi connectivity index (χ0n) is 17.7. The second-order valence-corrected chi connectivity index (χ2v) is 8.04. The number of aromatic nitrogens is 1. The highest BCUT2D eigenvalue weighted by atomic mass is 19.1. The van der Waals surface area contributed by atoms with E-state index in [0.717, 1.165) is 11.1 Å². The van der Waals surface area contributed by atoms with Crippen LogP contribution in [0.15, 0.2) is 59.5 Å². The number of hydrogen-bond acceptors (Lipinski definition) is 5. The maximum absolute atomic E-state index is 14.4. The molecule has 0 saturated carbocycles. The Morgan fingerprint density at radius 3 is 2.59 bits per heavy atom. The summed E-state index contributed by atoms with van der Waals surface area (Å²) >= 11 is 0. The van der Waals surface area contributed by atoms with E-state index in [4.69, 9.17) is 4.74 Å². The van der Waals surface area contributed by atoms with Gasteiger partial charge in [-0.1, -0.05) is 30.3 Å². The number of halogens is 1. The van der Waals surface area contributed by atoms with Crippen molar-refractivity contribution < 1.29 is 19.0 Å². The van der Waals surface area contributed by atoms with E-state index in [-0.39, 0.29) is 18.1 Å². The second kappa shape index (κ2) is 7.40. The van der Waals surface area contributed by atoms with Gasteiger partial charge >= 0.3 is 0 Å². The Bertz CT molecular complexity index is 1270. The van der Waals surface area contributed by atoms with Gasteiger partial charge in [-0.05, 0) is 24.6 Å². The van der Waals surface area contributed by atoms with Crippen molar-refractivity contribution in [1.82, 2.24) is 9.58 Å². The highest BCUT2D eigenvalue weighted by molar-refractivity contribution is 5.96. The molecule has 1 N–H and O–H groups in total. The number of ether oxygens (including phenoxy) is 1. The lowest BCUT2D eigenvalue weighted by atomic mass is 9.93. The van der Waals surface area contributed by atoms with Crippen molar-refractivity contribution in [3.8, 4) is 11.5 Å². The summed E-state index contributed by atoms with van der Waals surface area (Å²) in [5.41, 5.74) is 1.31. The largest absolute Gasteiger partial charge is 0.502 e.